The third-order valence-electron chi connectivity index (χ3n) is 2.43. The molecule has 0 unspecified atom stereocenters. The summed E-state index contributed by atoms with van der Waals surface area (Å²) >= 11 is 0. The Morgan fingerprint density at radius 2 is 2.12 bits per heavy atom. The first-order chi connectivity index (χ1) is 7.31. The molecule has 1 fully saturated rings. The zero-order valence-corrected chi connectivity index (χ0v) is 9.61. The van der Waals surface area contributed by atoms with Gasteiger partial charge in [0, 0.05) is 19.3 Å². The predicted octanol–water partition coefficient (Wildman–Crippen LogP) is -0.581. The van der Waals surface area contributed by atoms with E-state index in [-0.39, 0.29) is 23.8 Å². The monoisotopic (exact) mass is 243 g/mol. The number of aromatic nitrogens is 1. The summed E-state index contributed by atoms with van der Waals surface area (Å²) in [6, 6.07) is 2.84. The minimum absolute atomic E-state index is 0.0946. The Labute approximate surface area is 93.8 Å². The van der Waals surface area contributed by atoms with Gasteiger partial charge in [0.05, 0.1) is 5.60 Å². The lowest BCUT2D eigenvalue weighted by Crippen LogP contribution is -2.61. The molecule has 1 aromatic heterocycles. The lowest BCUT2D eigenvalue weighted by molar-refractivity contribution is -0.0426. The second-order valence-corrected chi connectivity index (χ2v) is 6.13. The highest BCUT2D eigenvalue weighted by Crippen LogP contribution is 2.27. The van der Waals surface area contributed by atoms with Gasteiger partial charge in [0.25, 0.3) is 0 Å². The molecule has 0 spiro atoms. The van der Waals surface area contributed by atoms with Gasteiger partial charge >= 0.3 is 0 Å². The molecule has 1 saturated heterocycles. The molecule has 0 aromatic carbocycles. The smallest absolute Gasteiger partial charge is 0.244 e. The maximum absolute atomic E-state index is 11.9. The van der Waals surface area contributed by atoms with Crippen molar-refractivity contribution in [3.63, 3.8) is 0 Å². The van der Waals surface area contributed by atoms with Crippen molar-refractivity contribution < 1.29 is 13.5 Å². The molecule has 16 heavy (non-hydrogen) atoms. The van der Waals surface area contributed by atoms with Gasteiger partial charge in [0.15, 0.2) is 0 Å². The van der Waals surface area contributed by atoms with E-state index in [2.05, 4.69) is 4.98 Å². The Hall–Kier alpha value is -1.18. The topological polar surface area (TPSA) is 96.5 Å². The van der Waals surface area contributed by atoms with E-state index < -0.39 is 15.6 Å². The van der Waals surface area contributed by atoms with Gasteiger partial charge in [0.2, 0.25) is 10.0 Å². The number of sulfonamides is 1. The average molecular weight is 243 g/mol. The van der Waals surface area contributed by atoms with Crippen molar-refractivity contribution in [3.8, 4) is 0 Å². The van der Waals surface area contributed by atoms with Crippen molar-refractivity contribution in [3.05, 3.63) is 18.3 Å². The van der Waals surface area contributed by atoms with Gasteiger partial charge in [-0.05, 0) is 19.1 Å². The summed E-state index contributed by atoms with van der Waals surface area (Å²) in [4.78, 5) is 3.83. The van der Waals surface area contributed by atoms with Crippen molar-refractivity contribution in [2.24, 2.45) is 0 Å². The molecule has 0 bridgehead atoms. The number of hydrogen-bond donors (Lipinski definition) is 2. The maximum atomic E-state index is 11.9. The van der Waals surface area contributed by atoms with Crippen LogP contribution in [0.1, 0.15) is 6.92 Å². The highest BCUT2D eigenvalue weighted by Gasteiger charge is 2.43. The van der Waals surface area contributed by atoms with Crippen molar-refractivity contribution >= 4 is 15.8 Å². The van der Waals surface area contributed by atoms with Crippen molar-refractivity contribution in [1.29, 1.82) is 0 Å². The Morgan fingerprint density at radius 3 is 2.56 bits per heavy atom. The summed E-state index contributed by atoms with van der Waals surface area (Å²) in [5.74, 6) is 0.273. The van der Waals surface area contributed by atoms with Gasteiger partial charge in [-0.1, -0.05) is 0 Å². The molecular formula is C9H13N3O3S. The fourth-order valence-electron chi connectivity index (χ4n) is 1.58. The summed E-state index contributed by atoms with van der Waals surface area (Å²) in [5, 5.41) is 9.50. The Kier molecular flexibility index (Phi) is 2.41. The van der Waals surface area contributed by atoms with Gasteiger partial charge in [0.1, 0.15) is 10.7 Å². The number of pyridine rings is 1. The first-order valence-electron chi connectivity index (χ1n) is 4.75. The Balaban J connectivity index is 2.24. The first kappa shape index (κ1) is 11.3. The van der Waals surface area contributed by atoms with E-state index in [1.54, 1.807) is 6.92 Å². The quantitative estimate of drug-likeness (QED) is 0.724. The molecule has 2 heterocycles. The summed E-state index contributed by atoms with van der Waals surface area (Å²) < 4.78 is 25.1. The van der Waals surface area contributed by atoms with E-state index in [4.69, 9.17) is 5.73 Å². The average Bonchev–Trinajstić information content (AvgIpc) is 2.14. The fraction of sp³-hybridized carbons (Fsp3) is 0.444. The van der Waals surface area contributed by atoms with E-state index in [9.17, 15) is 13.5 Å². The molecule has 2 rings (SSSR count). The van der Waals surface area contributed by atoms with E-state index in [0.717, 1.165) is 0 Å². The number of hydrogen-bond acceptors (Lipinski definition) is 5. The van der Waals surface area contributed by atoms with Crippen molar-refractivity contribution in [2.75, 3.05) is 18.8 Å². The molecule has 7 heteroatoms. The number of rotatable bonds is 2. The van der Waals surface area contributed by atoms with Crippen LogP contribution in [0, 0.1) is 0 Å². The van der Waals surface area contributed by atoms with Crippen LogP contribution in [0.4, 0.5) is 5.82 Å². The van der Waals surface area contributed by atoms with Crippen LogP contribution in [-0.2, 0) is 10.0 Å². The summed E-state index contributed by atoms with van der Waals surface area (Å²) in [6.07, 6.45) is 1.22. The number of nitrogens with two attached hydrogens (primary N) is 1. The lowest BCUT2D eigenvalue weighted by atomic mass is 10.0. The third kappa shape index (κ3) is 1.89. The summed E-state index contributed by atoms with van der Waals surface area (Å²) in [6.45, 7) is 1.82. The van der Waals surface area contributed by atoms with Gasteiger partial charge in [-0.2, -0.15) is 4.31 Å². The molecule has 3 N–H and O–H groups in total. The Bertz CT molecular complexity index is 487. The van der Waals surface area contributed by atoms with E-state index in [0.29, 0.717) is 0 Å². The van der Waals surface area contributed by atoms with Crippen LogP contribution >= 0.6 is 0 Å². The zero-order chi connectivity index (χ0) is 12.0. The number of aliphatic hydroxyl groups is 1. The molecule has 1 aromatic rings. The summed E-state index contributed by atoms with van der Waals surface area (Å²) in [7, 11) is -3.53. The van der Waals surface area contributed by atoms with Crippen LogP contribution in [-0.4, -0.2) is 41.5 Å². The Morgan fingerprint density at radius 1 is 1.50 bits per heavy atom. The minimum atomic E-state index is -3.53. The van der Waals surface area contributed by atoms with Crippen LogP contribution in [0.2, 0.25) is 0 Å². The molecule has 0 saturated carbocycles. The van der Waals surface area contributed by atoms with Gasteiger partial charge in [-0.15, -0.1) is 0 Å². The number of anilines is 1. The normalized spacial score (nSPS) is 20.4. The van der Waals surface area contributed by atoms with E-state index in [1.807, 2.05) is 0 Å². The molecule has 0 radical (unpaired) electrons. The molecular weight excluding hydrogens is 230 g/mol. The predicted molar refractivity (Wildman–Crippen MR) is 58.0 cm³/mol. The van der Waals surface area contributed by atoms with Crippen LogP contribution in [0.5, 0.6) is 0 Å². The number of nitrogens with zero attached hydrogens (tertiary/aromatic N) is 2. The second kappa shape index (κ2) is 3.41. The molecule has 88 valence electrons. The SMILES string of the molecule is CC1(O)CN(S(=O)(=O)c2ccc(N)nc2)C1. The van der Waals surface area contributed by atoms with Crippen molar-refractivity contribution in [1.82, 2.24) is 9.29 Å². The zero-order valence-electron chi connectivity index (χ0n) is 8.79. The molecule has 1 aliphatic heterocycles. The van der Waals surface area contributed by atoms with Crippen LogP contribution in [0.25, 0.3) is 0 Å². The molecule has 6 nitrogen and oxygen atoms in total. The van der Waals surface area contributed by atoms with Crippen LogP contribution in [0.3, 0.4) is 0 Å². The lowest BCUT2D eigenvalue weighted by Gasteiger charge is -2.42. The van der Waals surface area contributed by atoms with E-state index in [1.165, 1.54) is 22.6 Å². The van der Waals surface area contributed by atoms with Gasteiger partial charge in [-0.25, -0.2) is 13.4 Å². The van der Waals surface area contributed by atoms with Gasteiger partial charge < -0.3 is 10.8 Å². The van der Waals surface area contributed by atoms with Crippen molar-refractivity contribution in [2.45, 2.75) is 17.4 Å². The molecule has 0 atom stereocenters. The second-order valence-electron chi connectivity index (χ2n) is 4.19. The first-order valence-corrected chi connectivity index (χ1v) is 6.19. The number of nitrogen functional groups attached to an aromatic ring is 1. The van der Waals surface area contributed by atoms with Crippen LogP contribution < -0.4 is 5.73 Å². The van der Waals surface area contributed by atoms with Gasteiger partial charge in [-0.3, -0.25) is 0 Å². The third-order valence-corrected chi connectivity index (χ3v) is 4.21. The highest BCUT2D eigenvalue weighted by atomic mass is 32.2. The standard InChI is InChI=1S/C9H13N3O3S/c1-9(13)5-12(6-9)16(14,15)7-2-3-8(10)11-4-7/h2-4,13H,5-6H2,1H3,(H2,10,11). The summed E-state index contributed by atoms with van der Waals surface area (Å²) in [5.41, 5.74) is 4.45. The number of β-amino-alcohol motifs (C(OH)–C–C–N with tert-alkyl or cyclic N) is 1. The minimum Gasteiger partial charge on any atom is -0.387 e. The van der Waals surface area contributed by atoms with Crippen LogP contribution in [0.15, 0.2) is 23.2 Å². The van der Waals surface area contributed by atoms with E-state index >= 15 is 0 Å². The molecule has 1 aliphatic rings. The highest BCUT2D eigenvalue weighted by molar-refractivity contribution is 7.89. The molecule has 0 amide bonds. The molecule has 0 aliphatic carbocycles. The largest absolute Gasteiger partial charge is 0.387 e. The fourth-order valence-corrected chi connectivity index (χ4v) is 3.20. The maximum Gasteiger partial charge on any atom is 0.244 e.